The van der Waals surface area contributed by atoms with E-state index in [1.807, 2.05) is 16.7 Å². The number of amides is 2. The van der Waals surface area contributed by atoms with Gasteiger partial charge in [0.05, 0.1) is 12.0 Å². The van der Waals surface area contributed by atoms with Crippen molar-refractivity contribution < 1.29 is 9.59 Å². The van der Waals surface area contributed by atoms with Gasteiger partial charge in [-0.05, 0) is 19.8 Å². The van der Waals surface area contributed by atoms with Crippen molar-refractivity contribution in [3.05, 3.63) is 0 Å². The summed E-state index contributed by atoms with van der Waals surface area (Å²) in [4.78, 5) is 30.8. The van der Waals surface area contributed by atoms with Gasteiger partial charge in [0, 0.05) is 52.4 Å². The minimum atomic E-state index is -0.0503. The van der Waals surface area contributed by atoms with Crippen molar-refractivity contribution in [3.8, 4) is 0 Å². The lowest BCUT2D eigenvalue weighted by atomic mass is 10.0. The molecule has 3 aliphatic heterocycles. The summed E-state index contributed by atoms with van der Waals surface area (Å²) in [6.45, 7) is 8.62. The summed E-state index contributed by atoms with van der Waals surface area (Å²) in [6.07, 6.45) is 2.27. The molecule has 6 nitrogen and oxygen atoms in total. The van der Waals surface area contributed by atoms with Gasteiger partial charge in [-0.2, -0.15) is 0 Å². The highest BCUT2D eigenvalue weighted by Gasteiger charge is 2.34. The van der Waals surface area contributed by atoms with E-state index in [1.54, 1.807) is 0 Å². The van der Waals surface area contributed by atoms with E-state index in [9.17, 15) is 9.59 Å². The maximum atomic E-state index is 12.4. The van der Waals surface area contributed by atoms with Crippen LogP contribution in [0, 0.1) is 5.92 Å². The van der Waals surface area contributed by atoms with Crippen molar-refractivity contribution in [2.75, 3.05) is 52.4 Å². The summed E-state index contributed by atoms with van der Waals surface area (Å²) in [5.74, 6) is 0.725. The highest BCUT2D eigenvalue weighted by molar-refractivity contribution is 5.82. The van der Waals surface area contributed by atoms with Crippen LogP contribution in [0.15, 0.2) is 0 Å². The fraction of sp³-hybridized carbons (Fsp3) is 0.867. The van der Waals surface area contributed by atoms with Gasteiger partial charge in [0.25, 0.3) is 0 Å². The number of piperazine rings is 1. The third kappa shape index (κ3) is 3.06. The molecule has 0 aromatic carbocycles. The van der Waals surface area contributed by atoms with E-state index in [-0.39, 0.29) is 23.8 Å². The molecule has 0 aromatic heterocycles. The molecule has 0 saturated carbocycles. The molecule has 3 heterocycles. The summed E-state index contributed by atoms with van der Waals surface area (Å²) < 4.78 is 0. The first-order valence-electron chi connectivity index (χ1n) is 8.19. The van der Waals surface area contributed by atoms with Crippen LogP contribution < -0.4 is 5.32 Å². The van der Waals surface area contributed by atoms with Gasteiger partial charge in [0.1, 0.15) is 0 Å². The molecule has 21 heavy (non-hydrogen) atoms. The predicted octanol–water partition coefficient (Wildman–Crippen LogP) is -0.639. The second-order valence-electron chi connectivity index (χ2n) is 6.42. The normalized spacial score (nSPS) is 25.8. The van der Waals surface area contributed by atoms with Crippen molar-refractivity contribution in [3.63, 3.8) is 0 Å². The zero-order chi connectivity index (χ0) is 14.8. The maximum absolute atomic E-state index is 12.4. The predicted molar refractivity (Wildman–Crippen MR) is 79.8 cm³/mol. The van der Waals surface area contributed by atoms with Crippen molar-refractivity contribution in [1.82, 2.24) is 20.0 Å². The molecule has 3 rings (SSSR count). The molecule has 0 bridgehead atoms. The average Bonchev–Trinajstić information content (AvgIpc) is 2.98. The lowest BCUT2D eigenvalue weighted by Gasteiger charge is -2.40. The van der Waals surface area contributed by atoms with E-state index in [1.165, 1.54) is 0 Å². The molecule has 1 N–H and O–H groups in total. The van der Waals surface area contributed by atoms with Crippen LogP contribution in [0.25, 0.3) is 0 Å². The Labute approximate surface area is 126 Å². The van der Waals surface area contributed by atoms with Crippen LogP contribution in [0.3, 0.4) is 0 Å². The highest BCUT2D eigenvalue weighted by atomic mass is 16.2. The Bertz CT molecular complexity index is 396. The minimum absolute atomic E-state index is 0.0503. The van der Waals surface area contributed by atoms with Crippen molar-refractivity contribution in [1.29, 1.82) is 0 Å². The van der Waals surface area contributed by atoms with Crippen LogP contribution in [0.1, 0.15) is 19.8 Å². The third-order valence-electron chi connectivity index (χ3n) is 5.08. The van der Waals surface area contributed by atoms with Gasteiger partial charge in [0.15, 0.2) is 0 Å². The molecule has 6 heteroatoms. The molecule has 0 spiro atoms. The van der Waals surface area contributed by atoms with E-state index in [4.69, 9.17) is 0 Å². The summed E-state index contributed by atoms with van der Waals surface area (Å²) in [6, 6.07) is -0.0503. The fourth-order valence-corrected chi connectivity index (χ4v) is 3.41. The summed E-state index contributed by atoms with van der Waals surface area (Å²) in [7, 11) is 0. The molecular weight excluding hydrogens is 268 g/mol. The van der Waals surface area contributed by atoms with E-state index < -0.39 is 0 Å². The largest absolute Gasteiger partial charge is 0.341 e. The van der Waals surface area contributed by atoms with Crippen LogP contribution in [0.4, 0.5) is 0 Å². The van der Waals surface area contributed by atoms with Crippen LogP contribution in [-0.2, 0) is 9.59 Å². The first-order valence-corrected chi connectivity index (χ1v) is 8.19. The third-order valence-corrected chi connectivity index (χ3v) is 5.08. The molecule has 3 aliphatic rings. The standard InChI is InChI=1S/C15H26N4O2/c1-12(14(20)18-4-2-3-5-18)17-6-8-19(9-7-17)15(21)13-10-16-11-13/h12-13,16H,2-11H2,1H3. The summed E-state index contributed by atoms with van der Waals surface area (Å²) in [5, 5.41) is 3.15. The van der Waals surface area contributed by atoms with Crippen LogP contribution in [0.5, 0.6) is 0 Å². The van der Waals surface area contributed by atoms with Crippen LogP contribution in [-0.4, -0.2) is 84.9 Å². The zero-order valence-corrected chi connectivity index (χ0v) is 12.9. The van der Waals surface area contributed by atoms with Gasteiger partial charge in [-0.15, -0.1) is 0 Å². The molecular formula is C15H26N4O2. The molecule has 2 amide bonds. The summed E-state index contributed by atoms with van der Waals surface area (Å²) >= 11 is 0. The first kappa shape index (κ1) is 14.8. The Balaban J connectivity index is 1.48. The highest BCUT2D eigenvalue weighted by Crippen LogP contribution is 2.15. The van der Waals surface area contributed by atoms with Gasteiger partial charge in [0.2, 0.25) is 11.8 Å². The van der Waals surface area contributed by atoms with Gasteiger partial charge in [-0.1, -0.05) is 0 Å². The number of likely N-dealkylation sites (tertiary alicyclic amines) is 1. The number of carbonyl (C=O) groups excluding carboxylic acids is 2. The van der Waals surface area contributed by atoms with E-state index in [0.717, 1.165) is 65.2 Å². The van der Waals surface area contributed by atoms with Crippen LogP contribution >= 0.6 is 0 Å². The number of nitrogens with one attached hydrogen (secondary N) is 1. The Hall–Kier alpha value is -1.14. The molecule has 3 fully saturated rings. The van der Waals surface area contributed by atoms with Gasteiger partial charge in [-0.3, -0.25) is 14.5 Å². The number of hydrogen-bond donors (Lipinski definition) is 1. The van der Waals surface area contributed by atoms with Crippen LogP contribution in [0.2, 0.25) is 0 Å². The van der Waals surface area contributed by atoms with Crippen molar-refractivity contribution in [2.24, 2.45) is 5.92 Å². The van der Waals surface area contributed by atoms with Gasteiger partial charge < -0.3 is 15.1 Å². The Kier molecular flexibility index (Phi) is 4.45. The Morgan fingerprint density at radius 3 is 2.10 bits per heavy atom. The SMILES string of the molecule is CC(C(=O)N1CCCC1)N1CCN(C(=O)C2CNC2)CC1. The topological polar surface area (TPSA) is 55.9 Å². The lowest BCUT2D eigenvalue weighted by molar-refractivity contribution is -0.141. The zero-order valence-electron chi connectivity index (χ0n) is 12.9. The fourth-order valence-electron chi connectivity index (χ4n) is 3.41. The van der Waals surface area contributed by atoms with Gasteiger partial charge >= 0.3 is 0 Å². The maximum Gasteiger partial charge on any atom is 0.239 e. The lowest BCUT2D eigenvalue weighted by Crippen LogP contribution is -2.59. The van der Waals surface area contributed by atoms with E-state index >= 15 is 0 Å². The Morgan fingerprint density at radius 1 is 0.952 bits per heavy atom. The minimum Gasteiger partial charge on any atom is -0.341 e. The number of hydrogen-bond acceptors (Lipinski definition) is 4. The number of carbonyl (C=O) groups is 2. The second-order valence-corrected chi connectivity index (χ2v) is 6.42. The van der Waals surface area contributed by atoms with Crippen molar-refractivity contribution >= 4 is 11.8 Å². The molecule has 1 unspecified atom stereocenters. The molecule has 118 valence electrons. The summed E-state index contributed by atoms with van der Waals surface area (Å²) in [5.41, 5.74) is 0. The quantitative estimate of drug-likeness (QED) is 0.752. The molecule has 0 aromatic rings. The number of rotatable bonds is 3. The smallest absolute Gasteiger partial charge is 0.239 e. The molecule has 0 radical (unpaired) electrons. The molecule has 0 aliphatic carbocycles. The van der Waals surface area contributed by atoms with Gasteiger partial charge in [-0.25, -0.2) is 0 Å². The second kappa shape index (κ2) is 6.32. The molecule has 3 saturated heterocycles. The number of nitrogens with zero attached hydrogens (tertiary/aromatic N) is 3. The monoisotopic (exact) mass is 294 g/mol. The molecule has 1 atom stereocenters. The Morgan fingerprint density at radius 2 is 1.57 bits per heavy atom. The van der Waals surface area contributed by atoms with Crippen molar-refractivity contribution in [2.45, 2.75) is 25.8 Å². The van der Waals surface area contributed by atoms with E-state index in [0.29, 0.717) is 0 Å². The first-order chi connectivity index (χ1) is 10.2. The van der Waals surface area contributed by atoms with E-state index in [2.05, 4.69) is 10.2 Å². The average molecular weight is 294 g/mol.